The van der Waals surface area contributed by atoms with Crippen molar-refractivity contribution in [2.75, 3.05) is 7.11 Å². The zero-order chi connectivity index (χ0) is 16.8. The van der Waals surface area contributed by atoms with Crippen LogP contribution in [0.25, 0.3) is 22.2 Å². The topological polar surface area (TPSA) is 62.2 Å². The number of nitrogens with zero attached hydrogens (tertiary/aromatic N) is 1. The van der Waals surface area contributed by atoms with Crippen LogP contribution < -0.4 is 9.84 Å². The number of methoxy groups -OCH3 is 1. The molecule has 5 heteroatoms. The maximum atomic E-state index is 11.9. The fourth-order valence-electron chi connectivity index (χ4n) is 3.35. The van der Waals surface area contributed by atoms with Gasteiger partial charge in [-0.15, -0.1) is 0 Å². The molecule has 3 aromatic rings. The summed E-state index contributed by atoms with van der Waals surface area (Å²) in [6, 6.07) is 11.3. The van der Waals surface area contributed by atoms with Crippen LogP contribution in [0.4, 0.5) is 0 Å². The monoisotopic (exact) mass is 382 g/mol. The molecule has 0 amide bonds. The van der Waals surface area contributed by atoms with Gasteiger partial charge in [-0.2, -0.15) is 0 Å². The van der Waals surface area contributed by atoms with Crippen molar-refractivity contribution >= 4 is 32.8 Å². The first-order chi connectivity index (χ1) is 11.6. The first-order valence-corrected chi connectivity index (χ1v) is 8.38. The molecule has 0 aliphatic heterocycles. The van der Waals surface area contributed by atoms with E-state index in [0.717, 1.165) is 33.3 Å². The molecule has 0 saturated heterocycles. The highest BCUT2D eigenvalue weighted by molar-refractivity contribution is 9.10. The second-order valence-corrected chi connectivity index (χ2v) is 6.70. The minimum Gasteiger partial charge on any atom is -0.545 e. The van der Waals surface area contributed by atoms with E-state index in [1.54, 1.807) is 13.2 Å². The van der Waals surface area contributed by atoms with E-state index in [1.165, 1.54) is 0 Å². The SMILES string of the molecule is COc1ccc2c(c1)-c1nc3ccc(Br)cc3c(C(=O)[O-])c1CC2. The lowest BCUT2D eigenvalue weighted by Crippen LogP contribution is -2.26. The molecule has 0 N–H and O–H groups in total. The number of hydrogen-bond donors (Lipinski definition) is 0. The summed E-state index contributed by atoms with van der Waals surface area (Å²) in [5.74, 6) is -0.433. The molecule has 1 aliphatic rings. The summed E-state index contributed by atoms with van der Waals surface area (Å²) >= 11 is 3.40. The second-order valence-electron chi connectivity index (χ2n) is 5.79. The summed E-state index contributed by atoms with van der Waals surface area (Å²) in [5.41, 5.74) is 4.42. The highest BCUT2D eigenvalue weighted by Crippen LogP contribution is 2.38. The Morgan fingerprint density at radius 3 is 2.79 bits per heavy atom. The average molecular weight is 383 g/mol. The maximum absolute atomic E-state index is 11.9. The fraction of sp³-hybridized carbons (Fsp3) is 0.158. The van der Waals surface area contributed by atoms with Crippen LogP contribution >= 0.6 is 15.9 Å². The number of carbonyl (C=O) groups excluding carboxylic acids is 1. The molecule has 1 aliphatic carbocycles. The van der Waals surface area contributed by atoms with Gasteiger partial charge >= 0.3 is 0 Å². The molecule has 4 rings (SSSR count). The zero-order valence-corrected chi connectivity index (χ0v) is 14.5. The van der Waals surface area contributed by atoms with Crippen LogP contribution in [0, 0.1) is 0 Å². The number of hydrogen-bond acceptors (Lipinski definition) is 4. The third-order valence-corrected chi connectivity index (χ3v) is 4.96. The normalized spacial score (nSPS) is 12.6. The van der Waals surface area contributed by atoms with Crippen molar-refractivity contribution in [1.29, 1.82) is 0 Å². The van der Waals surface area contributed by atoms with Gasteiger partial charge in [0.1, 0.15) is 5.75 Å². The zero-order valence-electron chi connectivity index (χ0n) is 12.9. The van der Waals surface area contributed by atoms with E-state index < -0.39 is 5.97 Å². The van der Waals surface area contributed by atoms with Crippen molar-refractivity contribution in [2.45, 2.75) is 12.8 Å². The first-order valence-electron chi connectivity index (χ1n) is 7.59. The number of benzene rings is 2. The summed E-state index contributed by atoms with van der Waals surface area (Å²) in [7, 11) is 1.61. The number of carboxylic acid groups (broad SMARTS) is 1. The number of aryl methyl sites for hydroxylation is 1. The Balaban J connectivity index is 2.10. The number of carboxylic acids is 1. The van der Waals surface area contributed by atoms with Crippen LogP contribution in [0.15, 0.2) is 40.9 Å². The van der Waals surface area contributed by atoms with Gasteiger partial charge in [-0.3, -0.25) is 0 Å². The van der Waals surface area contributed by atoms with Crippen molar-refractivity contribution in [1.82, 2.24) is 4.98 Å². The van der Waals surface area contributed by atoms with Gasteiger partial charge in [-0.1, -0.05) is 22.0 Å². The molecule has 1 heterocycles. The standard InChI is InChI=1S/C19H14BrNO3/c1-24-12-5-2-10-3-6-13-17(19(22)23)15-8-11(20)4-7-16(15)21-18(13)14(10)9-12/h2,4-5,7-9H,3,6H2,1H3,(H,22,23)/p-1. The summed E-state index contributed by atoms with van der Waals surface area (Å²) in [6.45, 7) is 0. The van der Waals surface area contributed by atoms with Gasteiger partial charge in [0, 0.05) is 21.0 Å². The Morgan fingerprint density at radius 1 is 1.21 bits per heavy atom. The average Bonchev–Trinajstić information content (AvgIpc) is 2.58. The van der Waals surface area contributed by atoms with Crippen LogP contribution in [0.3, 0.4) is 0 Å². The fourth-order valence-corrected chi connectivity index (χ4v) is 3.72. The van der Waals surface area contributed by atoms with E-state index >= 15 is 0 Å². The molecule has 24 heavy (non-hydrogen) atoms. The maximum Gasteiger partial charge on any atom is 0.119 e. The van der Waals surface area contributed by atoms with Gasteiger partial charge in [0.2, 0.25) is 0 Å². The largest absolute Gasteiger partial charge is 0.545 e. The molecule has 2 aromatic carbocycles. The molecule has 0 spiro atoms. The molecule has 0 bridgehead atoms. The lowest BCUT2D eigenvalue weighted by atomic mass is 9.85. The highest BCUT2D eigenvalue weighted by Gasteiger charge is 2.23. The third kappa shape index (κ3) is 2.27. The minimum absolute atomic E-state index is 0.241. The van der Waals surface area contributed by atoms with E-state index in [9.17, 15) is 9.90 Å². The molecule has 4 nitrogen and oxygen atoms in total. The Labute approximate surface area is 147 Å². The molecular formula is C19H13BrNO3-. The second kappa shape index (κ2) is 5.60. The molecule has 0 atom stereocenters. The van der Waals surface area contributed by atoms with E-state index in [4.69, 9.17) is 9.72 Å². The van der Waals surface area contributed by atoms with Gasteiger partial charge in [0.25, 0.3) is 0 Å². The predicted molar refractivity (Wildman–Crippen MR) is 93.2 cm³/mol. The predicted octanol–water partition coefficient (Wildman–Crippen LogP) is 3.14. The van der Waals surface area contributed by atoms with Crippen molar-refractivity contribution in [3.63, 3.8) is 0 Å². The van der Waals surface area contributed by atoms with Crippen LogP contribution in [0.2, 0.25) is 0 Å². The highest BCUT2D eigenvalue weighted by atomic mass is 79.9. The number of rotatable bonds is 2. The Bertz CT molecular complexity index is 998. The van der Waals surface area contributed by atoms with Gasteiger partial charge in [0.05, 0.1) is 24.3 Å². The number of ether oxygens (including phenoxy) is 1. The van der Waals surface area contributed by atoms with Crippen molar-refractivity contribution < 1.29 is 14.6 Å². The number of pyridine rings is 1. The van der Waals surface area contributed by atoms with E-state index in [2.05, 4.69) is 15.9 Å². The third-order valence-electron chi connectivity index (χ3n) is 4.47. The molecular weight excluding hydrogens is 370 g/mol. The van der Waals surface area contributed by atoms with Crippen LogP contribution in [-0.4, -0.2) is 18.1 Å². The Kier molecular flexibility index (Phi) is 3.53. The molecule has 0 saturated carbocycles. The lowest BCUT2D eigenvalue weighted by Gasteiger charge is -2.24. The van der Waals surface area contributed by atoms with Gasteiger partial charge in [0.15, 0.2) is 0 Å². The number of aromatic carboxylic acids is 1. The smallest absolute Gasteiger partial charge is 0.119 e. The Hall–Kier alpha value is -2.40. The van der Waals surface area contributed by atoms with Crippen LogP contribution in [0.1, 0.15) is 21.5 Å². The number of fused-ring (bicyclic) bond motifs is 4. The molecule has 0 fully saturated rings. The van der Waals surface area contributed by atoms with E-state index in [0.29, 0.717) is 23.0 Å². The number of halogens is 1. The van der Waals surface area contributed by atoms with Crippen molar-refractivity contribution in [3.05, 3.63) is 57.6 Å². The van der Waals surface area contributed by atoms with Crippen molar-refractivity contribution in [3.8, 4) is 17.0 Å². The number of carbonyl (C=O) groups is 1. The van der Waals surface area contributed by atoms with Crippen LogP contribution in [0.5, 0.6) is 5.75 Å². The van der Waals surface area contributed by atoms with Gasteiger partial charge in [-0.25, -0.2) is 4.98 Å². The quantitative estimate of drug-likeness (QED) is 0.682. The summed E-state index contributed by atoms with van der Waals surface area (Å²) in [6.07, 6.45) is 1.40. The summed E-state index contributed by atoms with van der Waals surface area (Å²) < 4.78 is 6.13. The summed E-state index contributed by atoms with van der Waals surface area (Å²) in [5, 5.41) is 12.5. The molecule has 0 unspecified atom stereocenters. The first kappa shape index (κ1) is 15.1. The van der Waals surface area contributed by atoms with Gasteiger partial charge < -0.3 is 14.6 Å². The Morgan fingerprint density at radius 2 is 2.04 bits per heavy atom. The lowest BCUT2D eigenvalue weighted by molar-refractivity contribution is -0.254. The van der Waals surface area contributed by atoms with E-state index in [1.807, 2.05) is 30.3 Å². The minimum atomic E-state index is -1.16. The molecule has 120 valence electrons. The number of aromatic nitrogens is 1. The van der Waals surface area contributed by atoms with E-state index in [-0.39, 0.29) is 5.56 Å². The molecule has 0 radical (unpaired) electrons. The van der Waals surface area contributed by atoms with Crippen LogP contribution in [-0.2, 0) is 12.8 Å². The summed E-state index contributed by atoms with van der Waals surface area (Å²) in [4.78, 5) is 16.6. The van der Waals surface area contributed by atoms with Crippen molar-refractivity contribution in [2.24, 2.45) is 0 Å². The van der Waals surface area contributed by atoms with Gasteiger partial charge in [-0.05, 0) is 54.3 Å². The molecule has 1 aromatic heterocycles.